The van der Waals surface area contributed by atoms with Gasteiger partial charge >= 0.3 is 9.05 Å². The number of hydrogen-bond acceptors (Lipinski definition) is 8. The van der Waals surface area contributed by atoms with Crippen LogP contribution in [0.5, 0.6) is 0 Å². The van der Waals surface area contributed by atoms with E-state index in [0.29, 0.717) is 33.0 Å². The number of ether oxygens (including phenoxy) is 3. The summed E-state index contributed by atoms with van der Waals surface area (Å²) in [6.45, 7) is 3.74. The van der Waals surface area contributed by atoms with Crippen molar-refractivity contribution in [3.8, 4) is 0 Å². The number of aliphatic hydroxyl groups excluding tert-OH is 1. The first-order valence-electron chi connectivity index (χ1n) is 6.35. The lowest BCUT2D eigenvalue weighted by atomic mass is 10.7. The minimum absolute atomic E-state index is 0.0160. The molecule has 0 fully saturated rings. The molecule has 1 N–H and O–H groups in total. The Bertz CT molecular complexity index is 206. The highest BCUT2D eigenvalue weighted by molar-refractivity contribution is 6.53. The summed E-state index contributed by atoms with van der Waals surface area (Å²) in [7, 11) is 1.30. The van der Waals surface area contributed by atoms with Crippen LogP contribution >= 0.6 is 0 Å². The van der Waals surface area contributed by atoms with E-state index in [1.165, 1.54) is 21.3 Å². The maximum absolute atomic E-state index is 8.49. The van der Waals surface area contributed by atoms with Gasteiger partial charge in [-0.3, -0.25) is 0 Å². The molecule has 9 heteroatoms. The Hall–Kier alpha value is -0.103. The van der Waals surface area contributed by atoms with Crippen LogP contribution in [0.4, 0.5) is 0 Å². The average molecular weight is 314 g/mol. The van der Waals surface area contributed by atoms with E-state index in [0.717, 1.165) is 0 Å². The van der Waals surface area contributed by atoms with Gasteiger partial charge in [0.1, 0.15) is 0 Å². The first-order valence-corrected chi connectivity index (χ1v) is 7.98. The van der Waals surface area contributed by atoms with Crippen LogP contribution < -0.4 is 0 Å². The van der Waals surface area contributed by atoms with Crippen molar-refractivity contribution in [1.29, 1.82) is 0 Å². The molecule has 122 valence electrons. The largest absolute Gasteiger partial charge is 0.680 e. The second-order valence-corrected chi connectivity index (χ2v) is 6.08. The number of hydrogen-bond donors (Lipinski definition) is 1. The molecule has 8 nitrogen and oxygen atoms in total. The standard InChI is InChI=1S/C11H26O8Si/c1-11(19-20(13-2,14-3)15-4)18-10-9-17-8-7-16-6-5-12/h11-12H,5-10H2,1-4H3. The molecule has 0 aromatic rings. The molecule has 0 aliphatic heterocycles. The summed E-state index contributed by atoms with van der Waals surface area (Å²) in [5.41, 5.74) is 0. The van der Waals surface area contributed by atoms with E-state index >= 15 is 0 Å². The maximum atomic E-state index is 8.49. The normalized spacial score (nSPS) is 13.7. The van der Waals surface area contributed by atoms with Gasteiger partial charge in [0, 0.05) is 21.3 Å². The van der Waals surface area contributed by atoms with E-state index < -0.39 is 15.3 Å². The Morgan fingerprint density at radius 2 is 1.35 bits per heavy atom. The van der Waals surface area contributed by atoms with E-state index in [2.05, 4.69) is 0 Å². The Labute approximate surface area is 121 Å². The number of aliphatic hydroxyl groups is 1. The third kappa shape index (κ3) is 8.95. The molecule has 0 saturated carbocycles. The van der Waals surface area contributed by atoms with Gasteiger partial charge in [0.15, 0.2) is 6.29 Å². The van der Waals surface area contributed by atoms with Crippen LogP contribution in [-0.4, -0.2) is 81.4 Å². The Morgan fingerprint density at radius 1 is 0.850 bits per heavy atom. The zero-order valence-corrected chi connectivity index (χ0v) is 13.6. The molecular weight excluding hydrogens is 288 g/mol. The molecule has 0 rings (SSSR count). The molecule has 0 aromatic carbocycles. The van der Waals surface area contributed by atoms with E-state index in [1.807, 2.05) is 0 Å². The fourth-order valence-corrected chi connectivity index (χ4v) is 2.55. The van der Waals surface area contributed by atoms with Crippen molar-refractivity contribution in [1.82, 2.24) is 0 Å². The Kier molecular flexibility index (Phi) is 12.6. The molecule has 0 aromatic heterocycles. The molecule has 1 atom stereocenters. The summed E-state index contributed by atoms with van der Waals surface area (Å²) in [6.07, 6.45) is -0.532. The van der Waals surface area contributed by atoms with Gasteiger partial charge in [-0.1, -0.05) is 0 Å². The summed E-state index contributed by atoms with van der Waals surface area (Å²) in [5, 5.41) is 8.49. The van der Waals surface area contributed by atoms with Crippen LogP contribution in [0.15, 0.2) is 0 Å². The summed E-state index contributed by atoms with van der Waals surface area (Å²) < 4.78 is 36.5. The second-order valence-electron chi connectivity index (χ2n) is 3.62. The molecule has 0 aliphatic rings. The SMILES string of the molecule is CO[Si](OC)(OC)OC(C)OCCOCCOCCO. The minimum Gasteiger partial charge on any atom is -0.394 e. The van der Waals surface area contributed by atoms with E-state index in [1.54, 1.807) is 6.92 Å². The molecule has 0 radical (unpaired) electrons. The van der Waals surface area contributed by atoms with Crippen molar-refractivity contribution in [3.63, 3.8) is 0 Å². The highest BCUT2D eigenvalue weighted by atomic mass is 28.4. The van der Waals surface area contributed by atoms with Crippen molar-refractivity contribution in [2.75, 3.05) is 61.0 Å². The van der Waals surface area contributed by atoms with Crippen LogP contribution in [0.3, 0.4) is 0 Å². The molecule has 20 heavy (non-hydrogen) atoms. The fraction of sp³-hybridized carbons (Fsp3) is 1.00. The second kappa shape index (κ2) is 12.6. The lowest BCUT2D eigenvalue weighted by Crippen LogP contribution is -2.49. The molecule has 0 bridgehead atoms. The van der Waals surface area contributed by atoms with Gasteiger partial charge in [0.25, 0.3) is 0 Å². The molecule has 1 unspecified atom stereocenters. The highest BCUT2D eigenvalue weighted by Crippen LogP contribution is 2.11. The van der Waals surface area contributed by atoms with E-state index in [-0.39, 0.29) is 6.61 Å². The van der Waals surface area contributed by atoms with Crippen LogP contribution in [0.2, 0.25) is 0 Å². The molecule has 0 heterocycles. The zero-order chi connectivity index (χ0) is 15.3. The summed E-state index contributed by atoms with van der Waals surface area (Å²) in [5.74, 6) is 0. The lowest BCUT2D eigenvalue weighted by molar-refractivity contribution is -0.138. The summed E-state index contributed by atoms with van der Waals surface area (Å²) in [4.78, 5) is 0. The van der Waals surface area contributed by atoms with Crippen molar-refractivity contribution in [2.24, 2.45) is 0 Å². The van der Waals surface area contributed by atoms with E-state index in [9.17, 15) is 0 Å². The zero-order valence-electron chi connectivity index (χ0n) is 12.6. The third-order valence-corrected chi connectivity index (χ3v) is 4.37. The third-order valence-electron chi connectivity index (χ3n) is 2.25. The highest BCUT2D eigenvalue weighted by Gasteiger charge is 2.44. The summed E-state index contributed by atoms with van der Waals surface area (Å²) >= 11 is 0. The smallest absolute Gasteiger partial charge is 0.394 e. The first kappa shape index (κ1) is 19.9. The molecule has 0 spiro atoms. The van der Waals surface area contributed by atoms with E-state index in [4.69, 9.17) is 37.0 Å². The van der Waals surface area contributed by atoms with Crippen LogP contribution in [-0.2, 0) is 31.9 Å². The minimum atomic E-state index is -3.08. The van der Waals surface area contributed by atoms with Gasteiger partial charge < -0.3 is 37.0 Å². The monoisotopic (exact) mass is 314 g/mol. The maximum Gasteiger partial charge on any atom is 0.680 e. The number of rotatable bonds is 14. The average Bonchev–Trinajstić information content (AvgIpc) is 2.47. The molecule has 0 saturated heterocycles. The van der Waals surface area contributed by atoms with Gasteiger partial charge in [-0.2, -0.15) is 0 Å². The first-order chi connectivity index (χ1) is 9.64. The molecule has 0 amide bonds. The topological polar surface area (TPSA) is 84.8 Å². The van der Waals surface area contributed by atoms with Crippen molar-refractivity contribution in [3.05, 3.63) is 0 Å². The van der Waals surface area contributed by atoms with Crippen LogP contribution in [0, 0.1) is 0 Å². The quantitative estimate of drug-likeness (QED) is 0.267. The Balaban J connectivity index is 3.60. The van der Waals surface area contributed by atoms with Crippen molar-refractivity contribution < 1.29 is 37.0 Å². The summed E-state index contributed by atoms with van der Waals surface area (Å²) in [6, 6.07) is 0. The van der Waals surface area contributed by atoms with Crippen LogP contribution in [0.1, 0.15) is 6.92 Å². The van der Waals surface area contributed by atoms with Gasteiger partial charge in [-0.25, -0.2) is 0 Å². The molecule has 0 aliphatic carbocycles. The fourth-order valence-electron chi connectivity index (χ4n) is 1.29. The Morgan fingerprint density at radius 3 is 1.85 bits per heavy atom. The van der Waals surface area contributed by atoms with Gasteiger partial charge in [0.2, 0.25) is 0 Å². The van der Waals surface area contributed by atoms with Gasteiger partial charge in [0.05, 0.1) is 39.6 Å². The van der Waals surface area contributed by atoms with Gasteiger partial charge in [-0.05, 0) is 6.92 Å². The lowest BCUT2D eigenvalue weighted by Gasteiger charge is -2.26. The molecular formula is C11H26O8Si. The predicted octanol–water partition coefficient (Wildman–Crippen LogP) is -0.234. The van der Waals surface area contributed by atoms with Crippen molar-refractivity contribution in [2.45, 2.75) is 13.2 Å². The van der Waals surface area contributed by atoms with Gasteiger partial charge in [-0.15, -0.1) is 0 Å². The van der Waals surface area contributed by atoms with Crippen LogP contribution in [0.25, 0.3) is 0 Å². The predicted molar refractivity (Wildman–Crippen MR) is 72.0 cm³/mol. The van der Waals surface area contributed by atoms with Crippen molar-refractivity contribution >= 4 is 9.05 Å².